The molecule has 0 bridgehead atoms. The van der Waals surface area contributed by atoms with Crippen LogP contribution >= 0.6 is 0 Å². The monoisotopic (exact) mass is 244 g/mol. The number of hydrogen-bond donors (Lipinski definition) is 1. The molecule has 0 spiro atoms. The van der Waals surface area contributed by atoms with Gasteiger partial charge in [0.1, 0.15) is 12.3 Å². The number of ether oxygens (including phenoxy) is 1. The summed E-state index contributed by atoms with van der Waals surface area (Å²) in [6.07, 6.45) is 3.71. The van der Waals surface area contributed by atoms with Crippen molar-refractivity contribution in [3.8, 4) is 5.75 Å². The third-order valence-electron chi connectivity index (χ3n) is 2.62. The zero-order valence-electron chi connectivity index (χ0n) is 10.5. The minimum atomic E-state index is -0.0740. The maximum absolute atomic E-state index is 11.9. The van der Waals surface area contributed by atoms with Gasteiger partial charge in [0, 0.05) is 12.4 Å². The summed E-state index contributed by atoms with van der Waals surface area (Å²) in [5.74, 6) is 0.594. The van der Waals surface area contributed by atoms with Crippen molar-refractivity contribution in [1.82, 2.24) is 4.57 Å². The van der Waals surface area contributed by atoms with Gasteiger partial charge in [0.25, 0.3) is 0 Å². The molecule has 0 saturated heterocycles. The van der Waals surface area contributed by atoms with Gasteiger partial charge in [-0.15, -0.1) is 0 Å². The maximum Gasteiger partial charge on any atom is 0.244 e. The molecule has 0 atom stereocenters. The highest BCUT2D eigenvalue weighted by Gasteiger charge is 2.07. The van der Waals surface area contributed by atoms with Crippen LogP contribution in [-0.2, 0) is 11.3 Å². The van der Waals surface area contributed by atoms with Crippen LogP contribution in [-0.4, -0.2) is 17.6 Å². The zero-order valence-corrected chi connectivity index (χ0v) is 10.5. The fourth-order valence-electron chi connectivity index (χ4n) is 1.75. The highest BCUT2D eigenvalue weighted by molar-refractivity contribution is 5.92. The lowest BCUT2D eigenvalue weighted by Crippen LogP contribution is -2.18. The van der Waals surface area contributed by atoms with E-state index in [1.807, 2.05) is 54.2 Å². The van der Waals surface area contributed by atoms with Crippen molar-refractivity contribution in [2.45, 2.75) is 13.5 Å². The number of nitrogens with zero attached hydrogens (tertiary/aromatic N) is 1. The van der Waals surface area contributed by atoms with Crippen LogP contribution in [0.3, 0.4) is 0 Å². The van der Waals surface area contributed by atoms with E-state index in [0.29, 0.717) is 18.0 Å². The Morgan fingerprint density at radius 2 is 2.06 bits per heavy atom. The molecule has 2 aromatic rings. The minimum Gasteiger partial charge on any atom is -0.495 e. The van der Waals surface area contributed by atoms with Gasteiger partial charge in [0.2, 0.25) is 5.91 Å². The molecular formula is C14H16N2O2. The lowest BCUT2D eigenvalue weighted by molar-refractivity contribution is -0.116. The van der Waals surface area contributed by atoms with Gasteiger partial charge in [0.15, 0.2) is 0 Å². The van der Waals surface area contributed by atoms with Gasteiger partial charge in [0.05, 0.1) is 12.8 Å². The van der Waals surface area contributed by atoms with Crippen molar-refractivity contribution < 1.29 is 9.53 Å². The van der Waals surface area contributed by atoms with Crippen molar-refractivity contribution in [3.63, 3.8) is 0 Å². The highest BCUT2D eigenvalue weighted by Crippen LogP contribution is 2.25. The second kappa shape index (κ2) is 5.40. The quantitative estimate of drug-likeness (QED) is 0.897. The first-order valence-electron chi connectivity index (χ1n) is 5.74. The van der Waals surface area contributed by atoms with Crippen LogP contribution in [0.25, 0.3) is 0 Å². The van der Waals surface area contributed by atoms with Gasteiger partial charge in [-0.25, -0.2) is 0 Å². The molecule has 0 fully saturated rings. The first kappa shape index (κ1) is 12.2. The molecule has 0 aliphatic carbocycles. The number of anilines is 1. The Labute approximate surface area is 106 Å². The summed E-state index contributed by atoms with van der Waals surface area (Å²) >= 11 is 0. The maximum atomic E-state index is 11.9. The molecule has 4 heteroatoms. The second-order valence-electron chi connectivity index (χ2n) is 4.11. The zero-order chi connectivity index (χ0) is 13.0. The Morgan fingerprint density at radius 3 is 2.72 bits per heavy atom. The van der Waals surface area contributed by atoms with Gasteiger partial charge >= 0.3 is 0 Å². The number of aryl methyl sites for hydroxylation is 1. The number of amides is 1. The summed E-state index contributed by atoms with van der Waals surface area (Å²) in [5, 5.41) is 2.86. The summed E-state index contributed by atoms with van der Waals surface area (Å²) in [5.41, 5.74) is 1.78. The molecule has 1 aromatic carbocycles. The molecule has 0 aliphatic heterocycles. The predicted molar refractivity (Wildman–Crippen MR) is 70.8 cm³/mol. The lowest BCUT2D eigenvalue weighted by Gasteiger charge is -2.11. The third kappa shape index (κ3) is 2.91. The van der Waals surface area contributed by atoms with Crippen LogP contribution < -0.4 is 10.1 Å². The van der Waals surface area contributed by atoms with Crippen molar-refractivity contribution in [1.29, 1.82) is 0 Å². The Kier molecular flexibility index (Phi) is 3.67. The van der Waals surface area contributed by atoms with Crippen molar-refractivity contribution in [2.75, 3.05) is 12.4 Å². The molecule has 0 saturated carbocycles. The molecule has 1 amide bonds. The Balaban J connectivity index is 2.08. The van der Waals surface area contributed by atoms with Crippen LogP contribution in [0, 0.1) is 6.92 Å². The molecular weight excluding hydrogens is 228 g/mol. The number of nitrogens with one attached hydrogen (secondary N) is 1. The molecule has 0 radical (unpaired) electrons. The Bertz CT molecular complexity index is 533. The van der Waals surface area contributed by atoms with Gasteiger partial charge in [-0.05, 0) is 36.8 Å². The van der Waals surface area contributed by atoms with E-state index in [9.17, 15) is 4.79 Å². The number of methoxy groups -OCH3 is 1. The average Bonchev–Trinajstić information content (AvgIpc) is 2.82. The summed E-state index contributed by atoms with van der Waals surface area (Å²) in [6, 6.07) is 9.47. The number of carbonyl (C=O) groups excluding carboxylic acids is 1. The lowest BCUT2D eigenvalue weighted by atomic mass is 10.2. The normalized spacial score (nSPS) is 10.1. The molecule has 1 heterocycles. The predicted octanol–water partition coefficient (Wildman–Crippen LogP) is 2.44. The number of aromatic nitrogens is 1. The minimum absolute atomic E-state index is 0.0740. The average molecular weight is 244 g/mol. The van der Waals surface area contributed by atoms with Crippen molar-refractivity contribution >= 4 is 11.6 Å². The van der Waals surface area contributed by atoms with E-state index in [1.165, 1.54) is 0 Å². The van der Waals surface area contributed by atoms with E-state index in [4.69, 9.17) is 4.74 Å². The van der Waals surface area contributed by atoms with Crippen LogP contribution in [0.15, 0.2) is 42.7 Å². The number of carbonyl (C=O) groups is 1. The fourth-order valence-corrected chi connectivity index (χ4v) is 1.75. The summed E-state index contributed by atoms with van der Waals surface area (Å²) < 4.78 is 7.03. The third-order valence-corrected chi connectivity index (χ3v) is 2.62. The topological polar surface area (TPSA) is 43.3 Å². The van der Waals surface area contributed by atoms with E-state index < -0.39 is 0 Å². The highest BCUT2D eigenvalue weighted by atomic mass is 16.5. The fraction of sp³-hybridized carbons (Fsp3) is 0.214. The van der Waals surface area contributed by atoms with Crippen LogP contribution in [0.1, 0.15) is 5.56 Å². The second-order valence-corrected chi connectivity index (χ2v) is 4.11. The van der Waals surface area contributed by atoms with E-state index >= 15 is 0 Å². The first-order chi connectivity index (χ1) is 8.69. The summed E-state index contributed by atoms with van der Waals surface area (Å²) in [6.45, 7) is 2.27. The van der Waals surface area contributed by atoms with E-state index in [0.717, 1.165) is 5.56 Å². The molecule has 1 N–H and O–H groups in total. The standard InChI is InChI=1S/C14H16N2O2/c1-11-5-6-13(18-2)12(9-11)15-14(17)10-16-7-3-4-8-16/h3-9H,10H2,1-2H3,(H,15,17). The van der Waals surface area contributed by atoms with Gasteiger partial charge < -0.3 is 14.6 Å². The van der Waals surface area contributed by atoms with Crippen LogP contribution in [0.5, 0.6) is 5.75 Å². The number of rotatable bonds is 4. The smallest absolute Gasteiger partial charge is 0.244 e. The van der Waals surface area contributed by atoms with Crippen LogP contribution in [0.2, 0.25) is 0 Å². The molecule has 0 aliphatic rings. The molecule has 94 valence electrons. The molecule has 0 unspecified atom stereocenters. The first-order valence-corrected chi connectivity index (χ1v) is 5.74. The largest absolute Gasteiger partial charge is 0.495 e. The Hall–Kier alpha value is -2.23. The van der Waals surface area contributed by atoms with Crippen molar-refractivity contribution in [2.24, 2.45) is 0 Å². The van der Waals surface area contributed by atoms with Crippen molar-refractivity contribution in [3.05, 3.63) is 48.3 Å². The van der Waals surface area contributed by atoms with Gasteiger partial charge in [-0.2, -0.15) is 0 Å². The van der Waals surface area contributed by atoms with E-state index in [1.54, 1.807) is 7.11 Å². The molecule has 4 nitrogen and oxygen atoms in total. The molecule has 1 aromatic heterocycles. The molecule has 18 heavy (non-hydrogen) atoms. The Morgan fingerprint density at radius 1 is 1.33 bits per heavy atom. The molecule has 2 rings (SSSR count). The van der Waals surface area contributed by atoms with Gasteiger partial charge in [-0.1, -0.05) is 6.07 Å². The summed E-state index contributed by atoms with van der Waals surface area (Å²) in [4.78, 5) is 11.9. The SMILES string of the molecule is COc1ccc(C)cc1NC(=O)Cn1cccc1. The number of benzene rings is 1. The number of hydrogen-bond acceptors (Lipinski definition) is 2. The summed E-state index contributed by atoms with van der Waals surface area (Å²) in [7, 11) is 1.59. The van der Waals surface area contributed by atoms with Gasteiger partial charge in [-0.3, -0.25) is 4.79 Å². The van der Waals surface area contributed by atoms with Crippen LogP contribution in [0.4, 0.5) is 5.69 Å². The van der Waals surface area contributed by atoms with E-state index in [-0.39, 0.29) is 5.91 Å². The van der Waals surface area contributed by atoms with E-state index in [2.05, 4.69) is 5.32 Å².